The zero-order valence-corrected chi connectivity index (χ0v) is 10.3. The van der Waals surface area contributed by atoms with Gasteiger partial charge in [0.1, 0.15) is 0 Å². The summed E-state index contributed by atoms with van der Waals surface area (Å²) in [5.74, 6) is 0. The Balaban J connectivity index is 1.94. The number of piperazine rings is 1. The van der Waals surface area contributed by atoms with Crippen molar-refractivity contribution in [1.29, 1.82) is 0 Å². The Labute approximate surface area is 103 Å². The van der Waals surface area contributed by atoms with E-state index in [1.54, 1.807) is 0 Å². The van der Waals surface area contributed by atoms with Crippen LogP contribution >= 0.6 is 11.6 Å². The number of benzene rings is 1. The molecule has 2 rings (SSSR count). The zero-order valence-electron chi connectivity index (χ0n) is 9.53. The molecule has 1 aliphatic heterocycles. The lowest BCUT2D eigenvalue weighted by Gasteiger charge is -2.36. The van der Waals surface area contributed by atoms with Crippen molar-refractivity contribution in [3.8, 4) is 0 Å². The summed E-state index contributed by atoms with van der Waals surface area (Å²) in [5, 5.41) is 0.817. The first-order valence-electron chi connectivity index (χ1n) is 5.82. The van der Waals surface area contributed by atoms with Crippen molar-refractivity contribution >= 4 is 17.3 Å². The van der Waals surface area contributed by atoms with Crippen LogP contribution in [0.4, 0.5) is 5.69 Å². The first-order valence-corrected chi connectivity index (χ1v) is 6.19. The quantitative estimate of drug-likeness (QED) is 0.798. The Bertz CT molecular complexity index is 332. The van der Waals surface area contributed by atoms with Gasteiger partial charge < -0.3 is 4.90 Å². The Morgan fingerprint density at radius 1 is 1.19 bits per heavy atom. The second-order valence-corrected chi connectivity index (χ2v) is 4.60. The molecular formula is C13H18ClN2. The van der Waals surface area contributed by atoms with E-state index in [2.05, 4.69) is 22.8 Å². The van der Waals surface area contributed by atoms with Gasteiger partial charge in [-0.25, -0.2) is 0 Å². The summed E-state index contributed by atoms with van der Waals surface area (Å²) in [6.07, 6.45) is 0.997. The fourth-order valence-electron chi connectivity index (χ4n) is 2.13. The molecule has 3 heteroatoms. The SMILES string of the molecule is [CH2]CCN1CCN(c2cccc(Cl)c2)CC1. The lowest BCUT2D eigenvalue weighted by Crippen LogP contribution is -2.46. The largest absolute Gasteiger partial charge is 0.369 e. The van der Waals surface area contributed by atoms with Crippen LogP contribution in [0.2, 0.25) is 5.02 Å². The predicted octanol–water partition coefficient (Wildman–Crippen LogP) is 2.69. The lowest BCUT2D eigenvalue weighted by atomic mass is 10.2. The Kier molecular flexibility index (Phi) is 4.08. The van der Waals surface area contributed by atoms with E-state index >= 15 is 0 Å². The molecule has 0 unspecified atom stereocenters. The van der Waals surface area contributed by atoms with E-state index < -0.39 is 0 Å². The van der Waals surface area contributed by atoms with E-state index in [1.165, 1.54) is 5.69 Å². The molecule has 0 bridgehead atoms. The number of anilines is 1. The molecule has 87 valence electrons. The fraction of sp³-hybridized carbons (Fsp3) is 0.462. The second kappa shape index (κ2) is 5.55. The number of halogens is 1. The summed E-state index contributed by atoms with van der Waals surface area (Å²) in [4.78, 5) is 4.86. The van der Waals surface area contributed by atoms with Gasteiger partial charge in [-0.05, 0) is 31.2 Å². The van der Waals surface area contributed by atoms with Crippen LogP contribution in [0.25, 0.3) is 0 Å². The van der Waals surface area contributed by atoms with Crippen LogP contribution in [0.3, 0.4) is 0 Å². The van der Waals surface area contributed by atoms with Crippen LogP contribution in [-0.4, -0.2) is 37.6 Å². The highest BCUT2D eigenvalue weighted by atomic mass is 35.5. The van der Waals surface area contributed by atoms with Crippen molar-refractivity contribution in [2.45, 2.75) is 6.42 Å². The normalized spacial score (nSPS) is 17.8. The smallest absolute Gasteiger partial charge is 0.0426 e. The van der Waals surface area contributed by atoms with Gasteiger partial charge in [-0.3, -0.25) is 4.90 Å². The molecule has 1 fully saturated rings. The van der Waals surface area contributed by atoms with Gasteiger partial charge in [-0.2, -0.15) is 0 Å². The summed E-state index contributed by atoms with van der Waals surface area (Å²) in [6, 6.07) is 8.10. The molecule has 2 nitrogen and oxygen atoms in total. The van der Waals surface area contributed by atoms with Gasteiger partial charge in [0.2, 0.25) is 0 Å². The summed E-state index contributed by atoms with van der Waals surface area (Å²) >= 11 is 6.00. The van der Waals surface area contributed by atoms with E-state index in [-0.39, 0.29) is 0 Å². The monoisotopic (exact) mass is 237 g/mol. The van der Waals surface area contributed by atoms with Crippen molar-refractivity contribution in [3.63, 3.8) is 0 Å². The minimum absolute atomic E-state index is 0.817. The highest BCUT2D eigenvalue weighted by Gasteiger charge is 2.16. The second-order valence-electron chi connectivity index (χ2n) is 4.16. The van der Waals surface area contributed by atoms with Gasteiger partial charge in [-0.1, -0.05) is 24.6 Å². The van der Waals surface area contributed by atoms with Gasteiger partial charge in [0.25, 0.3) is 0 Å². The van der Waals surface area contributed by atoms with E-state index in [0.29, 0.717) is 0 Å². The molecule has 0 saturated carbocycles. The number of hydrogen-bond acceptors (Lipinski definition) is 2. The molecule has 0 atom stereocenters. The van der Waals surface area contributed by atoms with Crippen LogP contribution < -0.4 is 4.90 Å². The fourth-order valence-corrected chi connectivity index (χ4v) is 2.31. The average molecular weight is 238 g/mol. The molecule has 0 spiro atoms. The zero-order chi connectivity index (χ0) is 11.4. The standard InChI is InChI=1S/C13H18ClN2/c1-2-6-15-7-9-16(10-8-15)13-5-3-4-12(14)11-13/h3-5,11H,1-2,6-10H2. The molecule has 1 heterocycles. The molecule has 16 heavy (non-hydrogen) atoms. The van der Waals surface area contributed by atoms with Crippen LogP contribution in [0.15, 0.2) is 24.3 Å². The van der Waals surface area contributed by atoms with Crippen molar-refractivity contribution in [3.05, 3.63) is 36.2 Å². The molecule has 1 radical (unpaired) electrons. The molecule has 1 aromatic carbocycles. The first-order chi connectivity index (χ1) is 7.79. The third-order valence-electron chi connectivity index (χ3n) is 3.02. The van der Waals surface area contributed by atoms with Crippen LogP contribution in [0.1, 0.15) is 6.42 Å². The number of rotatable bonds is 3. The lowest BCUT2D eigenvalue weighted by molar-refractivity contribution is 0.262. The molecule has 1 aliphatic rings. The maximum absolute atomic E-state index is 6.00. The summed E-state index contributed by atoms with van der Waals surface area (Å²) in [5.41, 5.74) is 1.24. The minimum atomic E-state index is 0.817. The van der Waals surface area contributed by atoms with Gasteiger partial charge in [0, 0.05) is 36.9 Å². The molecule has 0 N–H and O–H groups in total. The highest BCUT2D eigenvalue weighted by Crippen LogP contribution is 2.20. The Morgan fingerprint density at radius 3 is 2.56 bits per heavy atom. The van der Waals surface area contributed by atoms with E-state index in [0.717, 1.165) is 44.2 Å². The summed E-state index contributed by atoms with van der Waals surface area (Å²) < 4.78 is 0. The maximum atomic E-state index is 6.00. The first kappa shape index (κ1) is 11.7. The maximum Gasteiger partial charge on any atom is 0.0426 e. The van der Waals surface area contributed by atoms with E-state index in [4.69, 9.17) is 11.6 Å². The summed E-state index contributed by atoms with van der Waals surface area (Å²) in [7, 11) is 0. The molecule has 0 aromatic heterocycles. The highest BCUT2D eigenvalue weighted by molar-refractivity contribution is 6.30. The van der Waals surface area contributed by atoms with Gasteiger partial charge in [-0.15, -0.1) is 0 Å². The van der Waals surface area contributed by atoms with Crippen molar-refractivity contribution in [2.24, 2.45) is 0 Å². The minimum Gasteiger partial charge on any atom is -0.369 e. The van der Waals surface area contributed by atoms with Gasteiger partial charge in [0.15, 0.2) is 0 Å². The summed E-state index contributed by atoms with van der Waals surface area (Å²) in [6.45, 7) is 9.43. The van der Waals surface area contributed by atoms with Crippen molar-refractivity contribution in [2.75, 3.05) is 37.6 Å². The average Bonchev–Trinajstić information content (AvgIpc) is 2.30. The molecule has 0 aliphatic carbocycles. The van der Waals surface area contributed by atoms with Gasteiger partial charge in [0.05, 0.1) is 0 Å². The van der Waals surface area contributed by atoms with Crippen LogP contribution in [0, 0.1) is 6.92 Å². The van der Waals surface area contributed by atoms with Gasteiger partial charge >= 0.3 is 0 Å². The number of nitrogens with zero attached hydrogens (tertiary/aromatic N) is 2. The Hall–Kier alpha value is -0.730. The predicted molar refractivity (Wildman–Crippen MR) is 70.1 cm³/mol. The molecular weight excluding hydrogens is 220 g/mol. The van der Waals surface area contributed by atoms with Crippen LogP contribution in [0.5, 0.6) is 0 Å². The third-order valence-corrected chi connectivity index (χ3v) is 3.26. The Morgan fingerprint density at radius 2 is 1.94 bits per heavy atom. The van der Waals surface area contributed by atoms with Crippen molar-refractivity contribution in [1.82, 2.24) is 4.90 Å². The van der Waals surface area contributed by atoms with Crippen LogP contribution in [-0.2, 0) is 0 Å². The third kappa shape index (κ3) is 2.89. The molecule has 0 amide bonds. The van der Waals surface area contributed by atoms with E-state index in [1.807, 2.05) is 18.2 Å². The topological polar surface area (TPSA) is 6.48 Å². The number of hydrogen-bond donors (Lipinski definition) is 0. The molecule has 1 aromatic rings. The van der Waals surface area contributed by atoms with Crippen molar-refractivity contribution < 1.29 is 0 Å². The molecule has 1 saturated heterocycles. The van der Waals surface area contributed by atoms with E-state index in [9.17, 15) is 0 Å².